The van der Waals surface area contributed by atoms with Gasteiger partial charge in [-0.05, 0) is 12.1 Å². The fourth-order valence-electron chi connectivity index (χ4n) is 2.53. The van der Waals surface area contributed by atoms with Crippen LogP contribution in [0.2, 0.25) is 5.02 Å². The summed E-state index contributed by atoms with van der Waals surface area (Å²) >= 11 is 7.28. The Morgan fingerprint density at radius 2 is 1.81 bits per heavy atom. The average Bonchev–Trinajstić information content (AvgIpc) is 3.32. The molecule has 128 valence electrons. The summed E-state index contributed by atoms with van der Waals surface area (Å²) in [6, 6.07) is 17.0. The molecule has 0 atom stereocenters. The van der Waals surface area contributed by atoms with Gasteiger partial charge < -0.3 is 0 Å². The first-order chi connectivity index (χ1) is 12.7. The number of nitrogens with one attached hydrogen (secondary N) is 2. The van der Waals surface area contributed by atoms with Crippen LogP contribution in [0.1, 0.15) is 10.4 Å². The topological polar surface area (TPSA) is 70.7 Å². The summed E-state index contributed by atoms with van der Waals surface area (Å²) in [4.78, 5) is 17.1. The van der Waals surface area contributed by atoms with Gasteiger partial charge >= 0.3 is 0 Å². The van der Waals surface area contributed by atoms with E-state index in [1.807, 2.05) is 60.0 Å². The van der Waals surface area contributed by atoms with Gasteiger partial charge in [-0.25, -0.2) is 4.98 Å². The van der Waals surface area contributed by atoms with Gasteiger partial charge in [0.1, 0.15) is 0 Å². The Balaban J connectivity index is 1.55. The third-order valence-corrected chi connectivity index (χ3v) is 4.82. The van der Waals surface area contributed by atoms with Crippen molar-refractivity contribution in [3.05, 3.63) is 76.8 Å². The molecule has 0 aliphatic carbocycles. The van der Waals surface area contributed by atoms with Gasteiger partial charge in [0.05, 0.1) is 23.1 Å². The molecule has 0 bridgehead atoms. The number of benzene rings is 2. The Kier molecular flexibility index (Phi) is 4.51. The first-order valence-corrected chi connectivity index (χ1v) is 9.08. The number of hydrogen-bond acceptors (Lipinski definition) is 4. The lowest BCUT2D eigenvalue weighted by Gasteiger charge is -2.03. The van der Waals surface area contributed by atoms with Gasteiger partial charge in [-0.1, -0.05) is 54.1 Å². The summed E-state index contributed by atoms with van der Waals surface area (Å²) in [5.41, 5.74) is 3.78. The highest BCUT2D eigenvalue weighted by molar-refractivity contribution is 7.14. The predicted octanol–water partition coefficient (Wildman–Crippen LogP) is 5.11. The van der Waals surface area contributed by atoms with E-state index in [0.29, 0.717) is 21.4 Å². The normalized spacial score (nSPS) is 10.7. The lowest BCUT2D eigenvalue weighted by atomic mass is 10.1. The lowest BCUT2D eigenvalue weighted by Crippen LogP contribution is -2.12. The van der Waals surface area contributed by atoms with Crippen LogP contribution in [0.5, 0.6) is 0 Å². The van der Waals surface area contributed by atoms with E-state index in [2.05, 4.69) is 20.5 Å². The monoisotopic (exact) mass is 380 g/mol. The minimum Gasteiger partial charge on any atom is -0.298 e. The fourth-order valence-corrected chi connectivity index (χ4v) is 3.37. The van der Waals surface area contributed by atoms with Gasteiger partial charge in [-0.3, -0.25) is 15.2 Å². The summed E-state index contributed by atoms with van der Waals surface area (Å²) in [7, 11) is 0. The maximum atomic E-state index is 12.6. The Morgan fingerprint density at radius 3 is 2.58 bits per heavy atom. The lowest BCUT2D eigenvalue weighted by molar-refractivity contribution is 0.102. The molecular weight excluding hydrogens is 368 g/mol. The number of carbonyl (C=O) groups is 1. The second-order valence-electron chi connectivity index (χ2n) is 5.52. The first-order valence-electron chi connectivity index (χ1n) is 7.82. The largest absolute Gasteiger partial charge is 0.298 e. The van der Waals surface area contributed by atoms with Gasteiger partial charge in [-0.2, -0.15) is 5.10 Å². The molecule has 2 aromatic carbocycles. The van der Waals surface area contributed by atoms with Crippen LogP contribution in [0.25, 0.3) is 22.5 Å². The predicted molar refractivity (Wildman–Crippen MR) is 105 cm³/mol. The minimum absolute atomic E-state index is 0.255. The quantitative estimate of drug-likeness (QED) is 0.517. The van der Waals surface area contributed by atoms with E-state index in [4.69, 9.17) is 11.6 Å². The van der Waals surface area contributed by atoms with Crippen LogP contribution in [0.4, 0.5) is 5.13 Å². The van der Waals surface area contributed by atoms with Crippen molar-refractivity contribution in [1.82, 2.24) is 15.2 Å². The van der Waals surface area contributed by atoms with Crippen molar-refractivity contribution in [3.8, 4) is 22.5 Å². The van der Waals surface area contributed by atoms with Crippen molar-refractivity contribution in [1.29, 1.82) is 0 Å². The Morgan fingerprint density at radius 1 is 1.04 bits per heavy atom. The summed E-state index contributed by atoms with van der Waals surface area (Å²) in [5, 5.41) is 12.8. The summed E-state index contributed by atoms with van der Waals surface area (Å²) in [6.45, 7) is 0. The highest BCUT2D eigenvalue weighted by Gasteiger charge is 2.16. The van der Waals surface area contributed by atoms with Crippen molar-refractivity contribution >= 4 is 34.0 Å². The molecular formula is C19H13ClN4OS. The maximum absolute atomic E-state index is 12.6. The standard InChI is InChI=1S/C19H13ClN4OS/c20-14-8-6-12(7-9-14)16-11-26-19(22-16)23-18(25)15-10-21-24-17(15)13-4-2-1-3-5-13/h1-11H,(H,21,24)(H,22,23,25). The van der Waals surface area contributed by atoms with Crippen LogP contribution < -0.4 is 5.32 Å². The summed E-state index contributed by atoms with van der Waals surface area (Å²) < 4.78 is 0. The van der Waals surface area contributed by atoms with E-state index >= 15 is 0 Å². The Hall–Kier alpha value is -2.96. The molecule has 2 heterocycles. The highest BCUT2D eigenvalue weighted by atomic mass is 35.5. The van der Waals surface area contributed by atoms with Crippen molar-refractivity contribution in [3.63, 3.8) is 0 Å². The number of aromatic nitrogens is 3. The van der Waals surface area contributed by atoms with Crippen LogP contribution in [-0.2, 0) is 0 Å². The van der Waals surface area contributed by atoms with Gasteiger partial charge in [0.2, 0.25) is 0 Å². The molecule has 0 saturated carbocycles. The molecule has 4 aromatic rings. The molecule has 0 radical (unpaired) electrons. The van der Waals surface area contributed by atoms with E-state index in [0.717, 1.165) is 16.8 Å². The molecule has 26 heavy (non-hydrogen) atoms. The molecule has 0 aliphatic rings. The van der Waals surface area contributed by atoms with Crippen LogP contribution in [-0.4, -0.2) is 21.1 Å². The third kappa shape index (κ3) is 3.37. The molecule has 0 saturated heterocycles. The van der Waals surface area contributed by atoms with Crippen LogP contribution in [0.3, 0.4) is 0 Å². The van der Waals surface area contributed by atoms with Crippen LogP contribution >= 0.6 is 22.9 Å². The Bertz CT molecular complexity index is 1040. The number of H-pyrrole nitrogens is 1. The number of carbonyl (C=O) groups excluding carboxylic acids is 1. The van der Waals surface area contributed by atoms with Crippen LogP contribution in [0, 0.1) is 0 Å². The number of hydrogen-bond donors (Lipinski definition) is 2. The molecule has 2 aromatic heterocycles. The van der Waals surface area contributed by atoms with E-state index in [-0.39, 0.29) is 5.91 Å². The number of halogens is 1. The number of amides is 1. The molecule has 4 rings (SSSR count). The van der Waals surface area contributed by atoms with E-state index < -0.39 is 0 Å². The molecule has 0 unspecified atom stereocenters. The second kappa shape index (κ2) is 7.11. The molecule has 1 amide bonds. The average molecular weight is 381 g/mol. The van der Waals surface area contributed by atoms with Crippen molar-refractivity contribution in [2.24, 2.45) is 0 Å². The number of aromatic amines is 1. The van der Waals surface area contributed by atoms with Crippen molar-refractivity contribution in [2.75, 3.05) is 5.32 Å². The smallest absolute Gasteiger partial charge is 0.261 e. The maximum Gasteiger partial charge on any atom is 0.261 e. The number of nitrogens with zero attached hydrogens (tertiary/aromatic N) is 2. The number of anilines is 1. The fraction of sp³-hybridized carbons (Fsp3) is 0. The molecule has 2 N–H and O–H groups in total. The van der Waals surface area contributed by atoms with Gasteiger partial charge in [0, 0.05) is 21.5 Å². The first kappa shape index (κ1) is 16.5. The molecule has 5 nitrogen and oxygen atoms in total. The highest BCUT2D eigenvalue weighted by Crippen LogP contribution is 2.27. The van der Waals surface area contributed by atoms with Gasteiger partial charge in [-0.15, -0.1) is 11.3 Å². The molecule has 0 spiro atoms. The van der Waals surface area contributed by atoms with E-state index in [9.17, 15) is 4.79 Å². The zero-order valence-corrected chi connectivity index (χ0v) is 15.0. The zero-order valence-electron chi connectivity index (χ0n) is 13.4. The van der Waals surface area contributed by atoms with Gasteiger partial charge in [0.25, 0.3) is 5.91 Å². The summed E-state index contributed by atoms with van der Waals surface area (Å²) in [6.07, 6.45) is 1.52. The Labute approximate surface area is 158 Å². The molecule has 7 heteroatoms. The van der Waals surface area contributed by atoms with E-state index in [1.54, 1.807) is 0 Å². The number of thiazole rings is 1. The SMILES string of the molecule is O=C(Nc1nc(-c2ccc(Cl)cc2)cs1)c1cn[nH]c1-c1ccccc1. The van der Waals surface area contributed by atoms with Crippen LogP contribution in [0.15, 0.2) is 66.2 Å². The molecule has 0 aliphatic heterocycles. The summed E-state index contributed by atoms with van der Waals surface area (Å²) in [5.74, 6) is -0.255. The third-order valence-electron chi connectivity index (χ3n) is 3.81. The molecule has 0 fully saturated rings. The minimum atomic E-state index is -0.255. The van der Waals surface area contributed by atoms with Crippen molar-refractivity contribution < 1.29 is 4.79 Å². The van der Waals surface area contributed by atoms with Crippen molar-refractivity contribution in [2.45, 2.75) is 0 Å². The second-order valence-corrected chi connectivity index (χ2v) is 6.82. The van der Waals surface area contributed by atoms with E-state index in [1.165, 1.54) is 17.5 Å². The number of rotatable bonds is 4. The zero-order chi connectivity index (χ0) is 17.9. The van der Waals surface area contributed by atoms with Gasteiger partial charge in [0.15, 0.2) is 5.13 Å².